The van der Waals surface area contributed by atoms with E-state index < -0.39 is 11.7 Å². The number of carbonyl (C=O) groups excluding carboxylic acids is 1. The van der Waals surface area contributed by atoms with E-state index in [0.29, 0.717) is 13.0 Å². The maximum absolute atomic E-state index is 11.1. The predicted octanol–water partition coefficient (Wildman–Crippen LogP) is -0.155. The Labute approximate surface area is 83.8 Å². The van der Waals surface area contributed by atoms with Gasteiger partial charge in [-0.05, 0) is 26.8 Å². The second kappa shape index (κ2) is 4.61. The van der Waals surface area contributed by atoms with Gasteiger partial charge in [0.15, 0.2) is 0 Å². The van der Waals surface area contributed by atoms with Gasteiger partial charge in [-0.15, -0.1) is 0 Å². The monoisotopic (exact) mass is 202 g/mol. The molecule has 5 nitrogen and oxygen atoms in total. The van der Waals surface area contributed by atoms with Crippen LogP contribution >= 0.6 is 0 Å². The lowest BCUT2D eigenvalue weighted by Gasteiger charge is -2.21. The van der Waals surface area contributed by atoms with Gasteiger partial charge in [0.25, 0.3) is 0 Å². The number of ether oxygens (including phenoxy) is 1. The summed E-state index contributed by atoms with van der Waals surface area (Å²) in [4.78, 5) is 11.1. The van der Waals surface area contributed by atoms with Crippen LogP contribution < -0.4 is 10.6 Å². The molecular formula is C9H18N2O3. The standard InChI is InChI=1S/C9H18N2O3/c1-7(2)14-8(12)11-6-9(13)3-4-10-5-9/h7,10,13H,3-6H2,1-2H3,(H,11,12). The lowest BCUT2D eigenvalue weighted by Crippen LogP contribution is -2.44. The van der Waals surface area contributed by atoms with Crippen LogP contribution in [0, 0.1) is 0 Å². The van der Waals surface area contributed by atoms with Gasteiger partial charge in [0.2, 0.25) is 0 Å². The number of hydrogen-bond acceptors (Lipinski definition) is 4. The first-order valence-electron chi connectivity index (χ1n) is 4.89. The van der Waals surface area contributed by atoms with Crippen molar-refractivity contribution in [3.8, 4) is 0 Å². The SMILES string of the molecule is CC(C)OC(=O)NCC1(O)CCNC1. The fourth-order valence-corrected chi connectivity index (χ4v) is 1.37. The maximum Gasteiger partial charge on any atom is 0.407 e. The molecule has 1 unspecified atom stereocenters. The third kappa shape index (κ3) is 3.51. The molecule has 1 amide bonds. The number of amides is 1. The quantitative estimate of drug-likeness (QED) is 0.595. The molecule has 5 heteroatoms. The molecule has 1 atom stereocenters. The van der Waals surface area contributed by atoms with E-state index in [0.717, 1.165) is 6.54 Å². The molecule has 0 spiro atoms. The Bertz CT molecular complexity index is 200. The minimum Gasteiger partial charge on any atom is -0.447 e. The number of carbonyl (C=O) groups is 1. The van der Waals surface area contributed by atoms with Gasteiger partial charge >= 0.3 is 6.09 Å². The highest BCUT2D eigenvalue weighted by Gasteiger charge is 2.31. The van der Waals surface area contributed by atoms with Crippen LogP contribution in [0.25, 0.3) is 0 Å². The summed E-state index contributed by atoms with van der Waals surface area (Å²) >= 11 is 0. The summed E-state index contributed by atoms with van der Waals surface area (Å²) in [5.41, 5.74) is -0.810. The first-order valence-corrected chi connectivity index (χ1v) is 4.89. The molecule has 1 aliphatic rings. The molecule has 14 heavy (non-hydrogen) atoms. The number of β-amino-alcohol motifs (C(OH)–C–C–N with tert-alkyl or cyclic N) is 1. The van der Waals surface area contributed by atoms with E-state index in [-0.39, 0.29) is 12.6 Å². The smallest absolute Gasteiger partial charge is 0.407 e. The summed E-state index contributed by atoms with van der Waals surface area (Å²) in [6, 6.07) is 0. The highest BCUT2D eigenvalue weighted by Crippen LogP contribution is 2.12. The van der Waals surface area contributed by atoms with E-state index in [9.17, 15) is 9.90 Å². The lowest BCUT2D eigenvalue weighted by atomic mass is 10.0. The molecule has 1 saturated heterocycles. The second-order valence-electron chi connectivity index (χ2n) is 3.96. The normalized spacial score (nSPS) is 26.6. The molecule has 0 saturated carbocycles. The van der Waals surface area contributed by atoms with Crippen molar-refractivity contribution in [2.45, 2.75) is 32.0 Å². The van der Waals surface area contributed by atoms with Crippen LogP contribution in [-0.4, -0.2) is 42.5 Å². The summed E-state index contributed by atoms with van der Waals surface area (Å²) in [6.07, 6.45) is 0.0567. The fourth-order valence-electron chi connectivity index (χ4n) is 1.37. The van der Waals surface area contributed by atoms with Crippen molar-refractivity contribution in [3.63, 3.8) is 0 Å². The molecule has 1 aliphatic heterocycles. The molecule has 1 fully saturated rings. The van der Waals surface area contributed by atoms with E-state index in [1.54, 1.807) is 13.8 Å². The van der Waals surface area contributed by atoms with E-state index in [2.05, 4.69) is 10.6 Å². The average Bonchev–Trinajstić information content (AvgIpc) is 2.49. The number of alkyl carbamates (subject to hydrolysis) is 1. The zero-order valence-corrected chi connectivity index (χ0v) is 8.67. The molecule has 1 rings (SSSR count). The van der Waals surface area contributed by atoms with Crippen LogP contribution in [0.4, 0.5) is 4.79 Å². The molecule has 0 aromatic rings. The van der Waals surface area contributed by atoms with Crippen molar-refractivity contribution in [2.24, 2.45) is 0 Å². The van der Waals surface area contributed by atoms with Crippen molar-refractivity contribution in [1.82, 2.24) is 10.6 Å². The number of aliphatic hydroxyl groups is 1. The summed E-state index contributed by atoms with van der Waals surface area (Å²) in [6.45, 7) is 5.12. The minimum atomic E-state index is -0.810. The Morgan fingerprint density at radius 1 is 1.71 bits per heavy atom. The van der Waals surface area contributed by atoms with Gasteiger partial charge in [-0.2, -0.15) is 0 Å². The third-order valence-electron chi connectivity index (χ3n) is 2.13. The molecule has 0 aromatic heterocycles. The topological polar surface area (TPSA) is 70.6 Å². The van der Waals surface area contributed by atoms with Crippen molar-refractivity contribution in [2.75, 3.05) is 19.6 Å². The molecule has 82 valence electrons. The Morgan fingerprint density at radius 3 is 2.93 bits per heavy atom. The highest BCUT2D eigenvalue weighted by molar-refractivity contribution is 5.67. The van der Waals surface area contributed by atoms with Gasteiger partial charge in [-0.25, -0.2) is 4.79 Å². The Balaban J connectivity index is 2.22. The number of nitrogens with one attached hydrogen (secondary N) is 2. The summed E-state index contributed by atoms with van der Waals surface area (Å²) in [5.74, 6) is 0. The van der Waals surface area contributed by atoms with Crippen LogP contribution in [0.1, 0.15) is 20.3 Å². The van der Waals surface area contributed by atoms with E-state index in [1.165, 1.54) is 0 Å². The van der Waals surface area contributed by atoms with E-state index in [4.69, 9.17) is 4.74 Å². The average molecular weight is 202 g/mol. The highest BCUT2D eigenvalue weighted by atomic mass is 16.6. The van der Waals surface area contributed by atoms with Gasteiger partial charge in [-0.3, -0.25) is 0 Å². The molecule has 0 radical (unpaired) electrons. The lowest BCUT2D eigenvalue weighted by molar-refractivity contribution is 0.0540. The molecule has 0 aromatic carbocycles. The van der Waals surface area contributed by atoms with Crippen molar-refractivity contribution in [3.05, 3.63) is 0 Å². The van der Waals surface area contributed by atoms with Crippen LogP contribution in [-0.2, 0) is 4.74 Å². The summed E-state index contributed by atoms with van der Waals surface area (Å²) in [7, 11) is 0. The van der Waals surface area contributed by atoms with Crippen LogP contribution in [0.2, 0.25) is 0 Å². The largest absolute Gasteiger partial charge is 0.447 e. The third-order valence-corrected chi connectivity index (χ3v) is 2.13. The molecule has 0 aliphatic carbocycles. The summed E-state index contributed by atoms with van der Waals surface area (Å²) in [5, 5.41) is 15.4. The van der Waals surface area contributed by atoms with Crippen LogP contribution in [0.15, 0.2) is 0 Å². The zero-order valence-electron chi connectivity index (χ0n) is 8.67. The van der Waals surface area contributed by atoms with Crippen molar-refractivity contribution in [1.29, 1.82) is 0 Å². The van der Waals surface area contributed by atoms with E-state index >= 15 is 0 Å². The Kier molecular flexibility index (Phi) is 3.71. The minimum absolute atomic E-state index is 0.133. The van der Waals surface area contributed by atoms with Gasteiger partial charge < -0.3 is 20.5 Å². The van der Waals surface area contributed by atoms with Gasteiger partial charge in [0, 0.05) is 6.54 Å². The second-order valence-corrected chi connectivity index (χ2v) is 3.96. The van der Waals surface area contributed by atoms with E-state index in [1.807, 2.05) is 0 Å². The van der Waals surface area contributed by atoms with Crippen molar-refractivity contribution >= 4 is 6.09 Å². The van der Waals surface area contributed by atoms with Gasteiger partial charge in [-0.1, -0.05) is 0 Å². The summed E-state index contributed by atoms with van der Waals surface area (Å²) < 4.78 is 4.87. The van der Waals surface area contributed by atoms with Crippen LogP contribution in [0.5, 0.6) is 0 Å². The molecule has 1 heterocycles. The first kappa shape index (κ1) is 11.3. The molecular weight excluding hydrogens is 184 g/mol. The predicted molar refractivity (Wildman–Crippen MR) is 52.1 cm³/mol. The number of hydrogen-bond donors (Lipinski definition) is 3. The fraction of sp³-hybridized carbons (Fsp3) is 0.889. The van der Waals surface area contributed by atoms with Gasteiger partial charge in [0.1, 0.15) is 0 Å². The van der Waals surface area contributed by atoms with Crippen molar-refractivity contribution < 1.29 is 14.6 Å². The first-order chi connectivity index (χ1) is 6.52. The Morgan fingerprint density at radius 2 is 2.43 bits per heavy atom. The molecule has 3 N–H and O–H groups in total. The molecule has 0 bridgehead atoms. The zero-order chi connectivity index (χ0) is 10.6. The Hall–Kier alpha value is -0.810. The van der Waals surface area contributed by atoms with Crippen LogP contribution in [0.3, 0.4) is 0 Å². The maximum atomic E-state index is 11.1. The van der Waals surface area contributed by atoms with Gasteiger partial charge in [0.05, 0.1) is 18.2 Å². The number of rotatable bonds is 3.